The number of amides is 2. The molecule has 0 aliphatic heterocycles. The Hall–Kier alpha value is -2.86. The normalized spacial score (nSPS) is 14.8. The maximum absolute atomic E-state index is 13.6. The summed E-state index contributed by atoms with van der Waals surface area (Å²) >= 11 is 0. The first-order valence-electron chi connectivity index (χ1n) is 8.89. The summed E-state index contributed by atoms with van der Waals surface area (Å²) in [6.07, 6.45) is -42.6. The zero-order chi connectivity index (χ0) is 32.6. The van der Waals surface area contributed by atoms with Crippen LogP contribution < -0.4 is 10.6 Å². The minimum absolute atomic E-state index is 0.0551. The van der Waals surface area contributed by atoms with Gasteiger partial charge >= 0.3 is 60.6 Å². The number of carbonyl (C=O) groups excluding carboxylic acids is 2. The van der Waals surface area contributed by atoms with Crippen LogP contribution in [0.4, 0.5) is 97.4 Å². The molecule has 26 heteroatoms. The van der Waals surface area contributed by atoms with Crippen LogP contribution in [0.2, 0.25) is 0 Å². The predicted octanol–water partition coefficient (Wildman–Crippen LogP) is 5.97. The second kappa shape index (κ2) is 11.2. The molecule has 2 amide bonds. The third-order valence-corrected chi connectivity index (χ3v) is 3.86. The summed E-state index contributed by atoms with van der Waals surface area (Å²) in [5.74, 6) is -28.3. The Bertz CT molecular complexity index is 790. The Morgan fingerprint density at radius 2 is 0.650 bits per heavy atom. The Kier molecular flexibility index (Phi) is 10.4. The van der Waals surface area contributed by atoms with Crippen molar-refractivity contribution in [2.75, 3.05) is 13.1 Å². The maximum Gasteiger partial charge on any atom is 0.434 e. The standard InChI is InChI=1S/C14H8F20N2O4/c15-7(16,1-35-5(37)39-3(9(19,20)21)10(22,23)24)13(31,32)14(33,34)8(17,18)2-36-6(38)40-4(11(25,26)27)12(28,29)30/h3-4H,1-2H2,(H,35,37)(H,36,38). The van der Waals surface area contributed by atoms with E-state index >= 15 is 0 Å². The molecule has 0 saturated carbocycles. The highest BCUT2D eigenvalue weighted by atomic mass is 19.4. The first-order chi connectivity index (χ1) is 17.2. The number of carbonyl (C=O) groups is 2. The van der Waals surface area contributed by atoms with Gasteiger partial charge in [-0.2, -0.15) is 87.8 Å². The van der Waals surface area contributed by atoms with Crippen LogP contribution in [-0.4, -0.2) is 85.9 Å². The molecule has 2 N–H and O–H groups in total. The lowest BCUT2D eigenvalue weighted by molar-refractivity contribution is -0.362. The number of hydrogen-bond donors (Lipinski definition) is 2. The van der Waals surface area contributed by atoms with Gasteiger partial charge in [-0.25, -0.2) is 9.59 Å². The first kappa shape index (κ1) is 37.1. The number of nitrogens with one attached hydrogen (secondary N) is 2. The van der Waals surface area contributed by atoms with Crippen molar-refractivity contribution in [2.45, 2.75) is 60.6 Å². The number of rotatable bonds is 9. The van der Waals surface area contributed by atoms with Crippen molar-refractivity contribution in [1.82, 2.24) is 10.6 Å². The van der Waals surface area contributed by atoms with Crippen molar-refractivity contribution >= 4 is 12.2 Å². The van der Waals surface area contributed by atoms with E-state index in [1.54, 1.807) is 0 Å². The zero-order valence-electron chi connectivity index (χ0n) is 17.8. The van der Waals surface area contributed by atoms with Gasteiger partial charge in [-0.3, -0.25) is 0 Å². The lowest BCUT2D eigenvalue weighted by Crippen LogP contribution is -2.66. The van der Waals surface area contributed by atoms with Crippen LogP contribution >= 0.6 is 0 Å². The topological polar surface area (TPSA) is 76.7 Å². The first-order valence-corrected chi connectivity index (χ1v) is 8.89. The minimum Gasteiger partial charge on any atom is -0.427 e. The van der Waals surface area contributed by atoms with Gasteiger partial charge in [0, 0.05) is 0 Å². The van der Waals surface area contributed by atoms with Crippen LogP contribution in [0.15, 0.2) is 0 Å². The highest BCUT2D eigenvalue weighted by molar-refractivity contribution is 5.68. The van der Waals surface area contributed by atoms with Crippen LogP contribution in [0, 0.1) is 0 Å². The Morgan fingerprint density at radius 3 is 0.825 bits per heavy atom. The van der Waals surface area contributed by atoms with Crippen molar-refractivity contribution in [1.29, 1.82) is 0 Å². The highest BCUT2D eigenvalue weighted by Gasteiger charge is 2.80. The molecule has 6 nitrogen and oxygen atoms in total. The molecule has 0 aliphatic carbocycles. The predicted molar refractivity (Wildman–Crippen MR) is 80.6 cm³/mol. The molecule has 40 heavy (non-hydrogen) atoms. The van der Waals surface area contributed by atoms with Crippen molar-refractivity contribution in [3.05, 3.63) is 0 Å². The van der Waals surface area contributed by atoms with E-state index in [2.05, 4.69) is 9.47 Å². The van der Waals surface area contributed by atoms with E-state index in [9.17, 15) is 97.4 Å². The van der Waals surface area contributed by atoms with Crippen molar-refractivity contribution in [2.24, 2.45) is 0 Å². The van der Waals surface area contributed by atoms with Crippen LogP contribution in [-0.2, 0) is 9.47 Å². The minimum atomic E-state index is -7.46. The zero-order valence-corrected chi connectivity index (χ0v) is 17.8. The average Bonchev–Trinajstić information content (AvgIpc) is 2.69. The molecule has 0 unspecified atom stereocenters. The van der Waals surface area contributed by atoms with Gasteiger partial charge in [0.1, 0.15) is 0 Å². The van der Waals surface area contributed by atoms with Gasteiger partial charge < -0.3 is 20.1 Å². The third kappa shape index (κ3) is 8.82. The number of alkyl halides is 20. The lowest BCUT2D eigenvalue weighted by Gasteiger charge is -2.36. The fourth-order valence-electron chi connectivity index (χ4n) is 1.98. The van der Waals surface area contributed by atoms with Gasteiger partial charge in [0.2, 0.25) is 0 Å². The van der Waals surface area contributed by atoms with Crippen molar-refractivity contribution in [3.8, 4) is 0 Å². The quantitative estimate of drug-likeness (QED) is 0.303. The molecular formula is C14H8F20N2O4. The molecule has 0 aromatic rings. The summed E-state index contributed by atoms with van der Waals surface area (Å²) in [5, 5.41) is 0.110. The van der Waals surface area contributed by atoms with Crippen LogP contribution in [0.3, 0.4) is 0 Å². The van der Waals surface area contributed by atoms with E-state index in [0.29, 0.717) is 0 Å². The van der Waals surface area contributed by atoms with Crippen LogP contribution in [0.5, 0.6) is 0 Å². The molecule has 0 fully saturated rings. The molecular weight excluding hydrogens is 640 g/mol. The molecule has 0 saturated heterocycles. The highest BCUT2D eigenvalue weighted by Crippen LogP contribution is 2.52. The molecule has 0 rings (SSSR count). The van der Waals surface area contributed by atoms with Gasteiger partial charge in [-0.15, -0.1) is 0 Å². The van der Waals surface area contributed by atoms with E-state index in [0.717, 1.165) is 0 Å². The van der Waals surface area contributed by atoms with E-state index < -0.39 is 85.9 Å². The van der Waals surface area contributed by atoms with Gasteiger partial charge in [-0.1, -0.05) is 0 Å². The van der Waals surface area contributed by atoms with E-state index in [1.807, 2.05) is 0 Å². The molecule has 0 aromatic heterocycles. The molecule has 0 aliphatic rings. The molecule has 0 aromatic carbocycles. The van der Waals surface area contributed by atoms with Gasteiger partial charge in [0.15, 0.2) is 0 Å². The van der Waals surface area contributed by atoms with Gasteiger partial charge in [0.05, 0.1) is 13.1 Å². The fourth-order valence-corrected chi connectivity index (χ4v) is 1.98. The number of halogens is 20. The lowest BCUT2D eigenvalue weighted by atomic mass is 9.98. The fraction of sp³-hybridized carbons (Fsp3) is 0.857. The molecule has 0 atom stereocenters. The molecule has 0 bridgehead atoms. The van der Waals surface area contributed by atoms with Crippen LogP contribution in [0.1, 0.15) is 0 Å². The summed E-state index contributed by atoms with van der Waals surface area (Å²) in [6.45, 7) is -6.83. The second-order valence-electron chi connectivity index (χ2n) is 7.00. The van der Waals surface area contributed by atoms with Crippen molar-refractivity contribution in [3.63, 3.8) is 0 Å². The van der Waals surface area contributed by atoms with E-state index in [1.165, 1.54) is 0 Å². The molecule has 0 spiro atoms. The molecule has 238 valence electrons. The summed E-state index contributed by atoms with van der Waals surface area (Å²) in [4.78, 5) is 21.8. The van der Waals surface area contributed by atoms with Gasteiger partial charge in [-0.05, 0) is 0 Å². The summed E-state index contributed by atoms with van der Waals surface area (Å²) in [6, 6.07) is 0. The second-order valence-corrected chi connectivity index (χ2v) is 7.00. The molecule has 0 radical (unpaired) electrons. The molecule has 0 heterocycles. The third-order valence-electron chi connectivity index (χ3n) is 3.86. The van der Waals surface area contributed by atoms with Gasteiger partial charge in [0.25, 0.3) is 12.2 Å². The largest absolute Gasteiger partial charge is 0.434 e. The summed E-state index contributed by atoms with van der Waals surface area (Å²) in [5.41, 5.74) is 0. The number of alkyl carbamates (subject to hydrolysis) is 2. The maximum atomic E-state index is 13.6. The van der Waals surface area contributed by atoms with Crippen molar-refractivity contribution < 1.29 is 107 Å². The summed E-state index contributed by atoms with van der Waals surface area (Å²) < 4.78 is 261. The Labute approximate surface area is 204 Å². The number of ether oxygens (including phenoxy) is 2. The SMILES string of the molecule is O=C(NCC(F)(F)C(F)(F)C(F)(F)C(F)(F)CNC(=O)OC(C(F)(F)F)C(F)(F)F)OC(C(F)(F)F)C(F)(F)F. The summed E-state index contributed by atoms with van der Waals surface area (Å²) in [7, 11) is 0. The van der Waals surface area contributed by atoms with E-state index in [-0.39, 0.29) is 10.6 Å². The Balaban J connectivity index is 5.64. The van der Waals surface area contributed by atoms with E-state index in [4.69, 9.17) is 0 Å². The average molecular weight is 648 g/mol. The monoisotopic (exact) mass is 648 g/mol. The Morgan fingerprint density at radius 1 is 0.450 bits per heavy atom. The number of hydrogen-bond acceptors (Lipinski definition) is 4. The van der Waals surface area contributed by atoms with Crippen LogP contribution in [0.25, 0.3) is 0 Å². The smallest absolute Gasteiger partial charge is 0.427 e.